The lowest BCUT2D eigenvalue weighted by Crippen LogP contribution is -2.19. The standard InChI is InChI=1S/C13H12N2O2S/c1-14-13(17)12-3-2-8-15(12)18-11-6-4-10(9-16)5-7-11/h2-9H,1H3,(H,14,17). The van der Waals surface area contributed by atoms with Crippen LogP contribution in [0, 0.1) is 0 Å². The number of aldehydes is 1. The van der Waals surface area contributed by atoms with Crippen molar-refractivity contribution in [2.24, 2.45) is 0 Å². The lowest BCUT2D eigenvalue weighted by molar-refractivity contribution is 0.0957. The number of aromatic nitrogens is 1. The highest BCUT2D eigenvalue weighted by molar-refractivity contribution is 7.97. The van der Waals surface area contributed by atoms with Crippen molar-refractivity contribution in [1.29, 1.82) is 0 Å². The van der Waals surface area contributed by atoms with E-state index in [2.05, 4.69) is 5.32 Å². The summed E-state index contributed by atoms with van der Waals surface area (Å²) in [6, 6.07) is 10.8. The van der Waals surface area contributed by atoms with E-state index in [0.29, 0.717) is 11.3 Å². The van der Waals surface area contributed by atoms with E-state index in [1.54, 1.807) is 29.2 Å². The summed E-state index contributed by atoms with van der Waals surface area (Å²) in [5.74, 6) is -0.128. The average Bonchev–Trinajstić information content (AvgIpc) is 2.87. The minimum absolute atomic E-state index is 0.128. The van der Waals surface area contributed by atoms with Crippen molar-refractivity contribution in [1.82, 2.24) is 9.29 Å². The van der Waals surface area contributed by atoms with Gasteiger partial charge < -0.3 is 5.32 Å². The maximum Gasteiger partial charge on any atom is 0.268 e. The topological polar surface area (TPSA) is 51.1 Å². The van der Waals surface area contributed by atoms with E-state index in [1.807, 2.05) is 24.4 Å². The van der Waals surface area contributed by atoms with E-state index in [-0.39, 0.29) is 5.91 Å². The molecule has 1 heterocycles. The fraction of sp³-hybridized carbons (Fsp3) is 0.0769. The lowest BCUT2D eigenvalue weighted by Gasteiger charge is -2.07. The van der Waals surface area contributed by atoms with Crippen LogP contribution >= 0.6 is 11.9 Å². The number of benzene rings is 1. The highest BCUT2D eigenvalue weighted by atomic mass is 32.2. The van der Waals surface area contributed by atoms with Crippen molar-refractivity contribution in [2.75, 3.05) is 7.05 Å². The first-order valence-corrected chi connectivity index (χ1v) is 6.15. The molecule has 1 aromatic carbocycles. The Morgan fingerprint density at radius 2 is 2.00 bits per heavy atom. The SMILES string of the molecule is CNC(=O)c1cccn1Sc1ccc(C=O)cc1. The van der Waals surface area contributed by atoms with Crippen molar-refractivity contribution < 1.29 is 9.59 Å². The van der Waals surface area contributed by atoms with Crippen LogP contribution in [-0.2, 0) is 0 Å². The fourth-order valence-electron chi connectivity index (χ4n) is 1.47. The van der Waals surface area contributed by atoms with Crippen molar-refractivity contribution in [3.05, 3.63) is 53.9 Å². The largest absolute Gasteiger partial charge is 0.354 e. The van der Waals surface area contributed by atoms with Crippen LogP contribution in [0.4, 0.5) is 0 Å². The molecule has 0 fully saturated rings. The molecule has 2 rings (SSSR count). The van der Waals surface area contributed by atoms with Crippen LogP contribution in [0.3, 0.4) is 0 Å². The van der Waals surface area contributed by atoms with E-state index >= 15 is 0 Å². The molecule has 0 bridgehead atoms. The van der Waals surface area contributed by atoms with Gasteiger partial charge in [0.1, 0.15) is 12.0 Å². The van der Waals surface area contributed by atoms with Gasteiger partial charge in [0.2, 0.25) is 0 Å². The number of rotatable bonds is 4. The fourth-order valence-corrected chi connectivity index (χ4v) is 2.33. The summed E-state index contributed by atoms with van der Waals surface area (Å²) < 4.78 is 1.79. The molecular formula is C13H12N2O2S. The smallest absolute Gasteiger partial charge is 0.268 e. The summed E-state index contributed by atoms with van der Waals surface area (Å²) >= 11 is 1.42. The number of nitrogens with one attached hydrogen (secondary N) is 1. The first-order chi connectivity index (χ1) is 8.74. The lowest BCUT2D eigenvalue weighted by atomic mass is 10.2. The third-order valence-electron chi connectivity index (χ3n) is 2.39. The number of hydrogen-bond donors (Lipinski definition) is 1. The predicted molar refractivity (Wildman–Crippen MR) is 70.9 cm³/mol. The van der Waals surface area contributed by atoms with E-state index in [4.69, 9.17) is 0 Å². The molecule has 2 aromatic rings. The number of carbonyl (C=O) groups is 2. The van der Waals surface area contributed by atoms with Gasteiger partial charge in [0, 0.05) is 23.7 Å². The molecular weight excluding hydrogens is 248 g/mol. The predicted octanol–water partition coefficient (Wildman–Crippen LogP) is 2.22. The van der Waals surface area contributed by atoms with Crippen LogP contribution in [0.25, 0.3) is 0 Å². The van der Waals surface area contributed by atoms with Gasteiger partial charge in [-0.1, -0.05) is 12.1 Å². The molecule has 18 heavy (non-hydrogen) atoms. The van der Waals surface area contributed by atoms with Gasteiger partial charge in [-0.15, -0.1) is 0 Å². The zero-order chi connectivity index (χ0) is 13.0. The van der Waals surface area contributed by atoms with Crippen LogP contribution in [-0.4, -0.2) is 23.2 Å². The molecule has 0 aliphatic heterocycles. The van der Waals surface area contributed by atoms with Crippen molar-refractivity contribution in [3.8, 4) is 0 Å². The van der Waals surface area contributed by atoms with Crippen LogP contribution in [0.5, 0.6) is 0 Å². The maximum absolute atomic E-state index is 11.6. The van der Waals surface area contributed by atoms with Gasteiger partial charge in [-0.05, 0) is 36.2 Å². The summed E-state index contributed by atoms with van der Waals surface area (Å²) in [7, 11) is 1.60. The summed E-state index contributed by atoms with van der Waals surface area (Å²) in [6.07, 6.45) is 2.63. The van der Waals surface area contributed by atoms with Crippen molar-refractivity contribution in [2.45, 2.75) is 4.90 Å². The molecule has 4 nitrogen and oxygen atoms in total. The monoisotopic (exact) mass is 260 g/mol. The van der Waals surface area contributed by atoms with Gasteiger partial charge in [0.25, 0.3) is 5.91 Å². The number of amides is 1. The molecule has 0 radical (unpaired) electrons. The van der Waals surface area contributed by atoms with E-state index in [1.165, 1.54) is 11.9 Å². The minimum Gasteiger partial charge on any atom is -0.354 e. The summed E-state index contributed by atoms with van der Waals surface area (Å²) in [6.45, 7) is 0. The molecule has 92 valence electrons. The molecule has 0 saturated heterocycles. The molecule has 1 N–H and O–H groups in total. The molecule has 0 aliphatic carbocycles. The quantitative estimate of drug-likeness (QED) is 0.857. The molecule has 0 spiro atoms. The van der Waals surface area contributed by atoms with Gasteiger partial charge in [-0.2, -0.15) is 0 Å². The highest BCUT2D eigenvalue weighted by Gasteiger charge is 2.09. The second-order valence-electron chi connectivity index (χ2n) is 3.58. The van der Waals surface area contributed by atoms with Crippen LogP contribution in [0.2, 0.25) is 0 Å². The highest BCUT2D eigenvalue weighted by Crippen LogP contribution is 2.22. The van der Waals surface area contributed by atoms with Gasteiger partial charge in [0.05, 0.1) is 0 Å². The molecule has 1 amide bonds. The molecule has 0 aliphatic rings. The van der Waals surface area contributed by atoms with E-state index in [9.17, 15) is 9.59 Å². The normalized spacial score (nSPS) is 10.1. The van der Waals surface area contributed by atoms with Crippen LogP contribution in [0.15, 0.2) is 47.5 Å². The summed E-state index contributed by atoms with van der Waals surface area (Å²) in [5.41, 5.74) is 1.22. The average molecular weight is 260 g/mol. The first kappa shape index (κ1) is 12.4. The Morgan fingerprint density at radius 3 is 2.61 bits per heavy atom. The number of nitrogens with zero attached hydrogens (tertiary/aromatic N) is 1. The third kappa shape index (κ3) is 2.62. The molecule has 1 aromatic heterocycles. The maximum atomic E-state index is 11.6. The third-order valence-corrected chi connectivity index (χ3v) is 3.39. The Balaban J connectivity index is 2.20. The summed E-state index contributed by atoms with van der Waals surface area (Å²) in [4.78, 5) is 23.1. The Hall–Kier alpha value is -2.01. The first-order valence-electron chi connectivity index (χ1n) is 5.37. The minimum atomic E-state index is -0.128. The Morgan fingerprint density at radius 1 is 1.28 bits per heavy atom. The van der Waals surface area contributed by atoms with Crippen LogP contribution in [0.1, 0.15) is 20.8 Å². The second-order valence-corrected chi connectivity index (χ2v) is 4.62. The Bertz CT molecular complexity index is 561. The van der Waals surface area contributed by atoms with Gasteiger partial charge >= 0.3 is 0 Å². The van der Waals surface area contributed by atoms with Crippen molar-refractivity contribution >= 4 is 24.1 Å². The zero-order valence-corrected chi connectivity index (χ0v) is 10.6. The van der Waals surface area contributed by atoms with Crippen LogP contribution < -0.4 is 5.32 Å². The summed E-state index contributed by atoms with van der Waals surface area (Å²) in [5, 5.41) is 2.59. The number of hydrogen-bond acceptors (Lipinski definition) is 3. The molecule has 5 heteroatoms. The molecule has 0 saturated carbocycles. The molecule has 0 atom stereocenters. The second kappa shape index (κ2) is 5.55. The van der Waals surface area contributed by atoms with Gasteiger partial charge in [-0.25, -0.2) is 0 Å². The zero-order valence-electron chi connectivity index (χ0n) is 9.79. The van der Waals surface area contributed by atoms with Gasteiger partial charge in [0.15, 0.2) is 0 Å². The molecule has 0 unspecified atom stereocenters. The Kier molecular flexibility index (Phi) is 3.84. The van der Waals surface area contributed by atoms with E-state index < -0.39 is 0 Å². The van der Waals surface area contributed by atoms with Crippen molar-refractivity contribution in [3.63, 3.8) is 0 Å². The van der Waals surface area contributed by atoms with Gasteiger partial charge in [-0.3, -0.25) is 13.6 Å². The Labute approximate surface area is 109 Å². The van der Waals surface area contributed by atoms with E-state index in [0.717, 1.165) is 11.2 Å². The number of carbonyl (C=O) groups excluding carboxylic acids is 2.